The molecule has 1 amide bonds. The number of fused-ring (bicyclic) bond motifs is 1. The number of carbonyl (C=O) groups excluding carboxylic acids is 4. The van der Waals surface area contributed by atoms with Gasteiger partial charge in [-0.05, 0) is 98.2 Å². The van der Waals surface area contributed by atoms with Crippen molar-refractivity contribution >= 4 is 29.6 Å². The first-order chi connectivity index (χ1) is 30.3. The first-order valence-corrected chi connectivity index (χ1v) is 23.0. The molecular weight excluding hydrogens is 823 g/mol. The molecule has 3 aliphatic heterocycles. The van der Waals surface area contributed by atoms with E-state index in [0.29, 0.717) is 44.5 Å². The average molecular weight is 896 g/mol. The predicted molar refractivity (Wildman–Crippen MR) is 239 cm³/mol. The molecule has 2 aromatic heterocycles. The fourth-order valence-electron chi connectivity index (χ4n) is 10.1. The van der Waals surface area contributed by atoms with E-state index in [2.05, 4.69) is 15.3 Å². The number of methoxy groups -OCH3 is 1. The number of hydrogen-bond acceptors (Lipinski definition) is 15. The second-order valence-corrected chi connectivity index (χ2v) is 18.7. The molecule has 0 aromatic carbocycles. The summed E-state index contributed by atoms with van der Waals surface area (Å²) in [6, 6.07) is 9.98. The Hall–Kier alpha value is -4.22. The number of ketones is 1. The number of aryl methyl sites for hydroxylation is 1. The Bertz CT molecular complexity index is 1840. The van der Waals surface area contributed by atoms with Gasteiger partial charge in [-0.15, -0.1) is 0 Å². The SMILES string of the molecule is CC[C@H]1OC(=O)[C@H](C)[C@H](OC(=O)CCc2ccccn2)[C@@H](C)[C@@H](OC2O[C@H](C)C[C@H](N(C)C)[C@H]2O)[C@](C)(OC)C[C@@H](C)C(=O)[C@H](C)[C@@H]2N(CCCCNc3ccccn3)C(=O)O[C@@]21C. The van der Waals surface area contributed by atoms with Crippen LogP contribution in [-0.4, -0.2) is 143 Å². The van der Waals surface area contributed by atoms with E-state index in [1.165, 1.54) is 7.11 Å². The van der Waals surface area contributed by atoms with Gasteiger partial charge in [0, 0.05) is 68.5 Å². The molecule has 356 valence electrons. The van der Waals surface area contributed by atoms with Crippen molar-refractivity contribution in [2.45, 2.75) is 160 Å². The third-order valence-electron chi connectivity index (χ3n) is 13.7. The number of rotatable bonds is 15. The van der Waals surface area contributed by atoms with Crippen LogP contribution in [-0.2, 0) is 49.2 Å². The number of aliphatic hydroxyl groups excluding tert-OH is 1. The quantitative estimate of drug-likeness (QED) is 0.123. The van der Waals surface area contributed by atoms with Gasteiger partial charge in [-0.2, -0.15) is 0 Å². The summed E-state index contributed by atoms with van der Waals surface area (Å²) in [5.74, 6) is -3.93. The van der Waals surface area contributed by atoms with Crippen LogP contribution in [0.5, 0.6) is 0 Å². The molecule has 3 aliphatic rings. The van der Waals surface area contributed by atoms with E-state index in [0.717, 1.165) is 5.82 Å². The van der Waals surface area contributed by atoms with Crippen molar-refractivity contribution in [2.75, 3.05) is 39.6 Å². The first kappa shape index (κ1) is 50.8. The Labute approximate surface area is 379 Å². The van der Waals surface area contributed by atoms with Gasteiger partial charge in [0.25, 0.3) is 0 Å². The Balaban J connectivity index is 1.53. The van der Waals surface area contributed by atoms with Crippen molar-refractivity contribution in [1.29, 1.82) is 0 Å². The molecule has 1 unspecified atom stereocenters. The van der Waals surface area contributed by atoms with E-state index < -0.39 is 89.7 Å². The monoisotopic (exact) mass is 896 g/mol. The Morgan fingerprint density at radius 3 is 2.33 bits per heavy atom. The van der Waals surface area contributed by atoms with Crippen molar-refractivity contribution in [3.05, 3.63) is 54.5 Å². The number of anilines is 1. The molecule has 0 bridgehead atoms. The van der Waals surface area contributed by atoms with Crippen LogP contribution in [0.3, 0.4) is 0 Å². The molecule has 5 rings (SSSR count). The third kappa shape index (κ3) is 11.8. The zero-order valence-electron chi connectivity index (χ0n) is 39.7. The van der Waals surface area contributed by atoms with Gasteiger partial charge in [0.2, 0.25) is 0 Å². The number of hydrogen-bond donors (Lipinski definition) is 2. The minimum absolute atomic E-state index is 0.0205. The molecule has 64 heavy (non-hydrogen) atoms. The number of pyridine rings is 2. The summed E-state index contributed by atoms with van der Waals surface area (Å²) in [7, 11) is 5.29. The average Bonchev–Trinajstić information content (AvgIpc) is 3.54. The number of nitrogens with zero attached hydrogens (tertiary/aromatic N) is 4. The van der Waals surface area contributed by atoms with Crippen molar-refractivity contribution < 1.29 is 52.7 Å². The summed E-state index contributed by atoms with van der Waals surface area (Å²) in [6.07, 6.45) is -0.319. The number of aliphatic hydroxyl groups is 1. The van der Waals surface area contributed by atoms with Gasteiger partial charge in [0.1, 0.15) is 29.9 Å². The van der Waals surface area contributed by atoms with Gasteiger partial charge in [-0.3, -0.25) is 19.4 Å². The largest absolute Gasteiger partial charge is 0.461 e. The second kappa shape index (κ2) is 22.3. The van der Waals surface area contributed by atoms with Gasteiger partial charge in [0.15, 0.2) is 11.9 Å². The topological polar surface area (TPSA) is 188 Å². The summed E-state index contributed by atoms with van der Waals surface area (Å²) >= 11 is 0. The van der Waals surface area contributed by atoms with E-state index in [-0.39, 0.29) is 37.2 Å². The molecule has 0 spiro atoms. The summed E-state index contributed by atoms with van der Waals surface area (Å²) in [5.41, 5.74) is -2.00. The predicted octanol–water partition coefficient (Wildman–Crippen LogP) is 5.85. The standard InChI is InChI=1S/C48H73N5O11/c1-12-36-48(8)42(53(46(58)64-48)26-18-17-25-51-37-20-14-16-24-50-37)31(4)39(55)29(2)28-47(7,59-11)43(63-45-40(56)35(52(9)10)27-30(3)60-45)32(5)41(33(6)44(57)61-36)62-38(54)22-21-34-19-13-15-23-49-34/h13-16,19-20,23-24,29-33,35-36,40-43,45,56H,12,17-18,21-22,25-28H2,1-11H3,(H,50,51)/t29-,30-,31+,32-,33-,35+,36-,40-,41-,42+,43-,45?,47-,48-/m1/s1. The number of carbonyl (C=O) groups is 4. The van der Waals surface area contributed by atoms with Gasteiger partial charge in [0.05, 0.1) is 36.2 Å². The minimum atomic E-state index is -1.42. The van der Waals surface area contributed by atoms with Gasteiger partial charge in [-0.25, -0.2) is 9.78 Å². The van der Waals surface area contributed by atoms with Crippen molar-refractivity contribution in [3.63, 3.8) is 0 Å². The summed E-state index contributed by atoms with van der Waals surface area (Å²) in [4.78, 5) is 69.6. The maximum absolute atomic E-state index is 14.9. The van der Waals surface area contributed by atoms with E-state index in [4.69, 9.17) is 28.4 Å². The van der Waals surface area contributed by atoms with Crippen LogP contribution >= 0.6 is 0 Å². The lowest BCUT2D eigenvalue weighted by atomic mass is 9.73. The van der Waals surface area contributed by atoms with Crippen LogP contribution in [0, 0.1) is 23.7 Å². The fourth-order valence-corrected chi connectivity index (χ4v) is 10.1. The van der Waals surface area contributed by atoms with Crippen LogP contribution in [0.4, 0.5) is 10.6 Å². The molecule has 5 heterocycles. The van der Waals surface area contributed by atoms with Crippen LogP contribution < -0.4 is 5.32 Å². The molecule has 0 radical (unpaired) electrons. The van der Waals surface area contributed by atoms with Crippen LogP contribution in [0.15, 0.2) is 48.8 Å². The highest BCUT2D eigenvalue weighted by atomic mass is 16.7. The number of nitrogens with one attached hydrogen (secondary N) is 1. The van der Waals surface area contributed by atoms with Crippen molar-refractivity contribution in [2.24, 2.45) is 23.7 Å². The molecule has 16 heteroatoms. The smallest absolute Gasteiger partial charge is 0.410 e. The maximum atomic E-state index is 14.9. The number of amides is 1. The van der Waals surface area contributed by atoms with Crippen LogP contribution in [0.1, 0.15) is 99.6 Å². The lowest BCUT2D eigenvalue weighted by molar-refractivity contribution is -0.301. The van der Waals surface area contributed by atoms with Gasteiger partial charge >= 0.3 is 18.0 Å². The Morgan fingerprint density at radius 1 is 1.00 bits per heavy atom. The fraction of sp³-hybridized carbons (Fsp3) is 0.708. The molecule has 14 atom stereocenters. The van der Waals surface area contributed by atoms with Crippen LogP contribution in [0.25, 0.3) is 0 Å². The lowest BCUT2D eigenvalue weighted by Gasteiger charge is -2.48. The molecule has 2 aromatic rings. The molecule has 0 aliphatic carbocycles. The maximum Gasteiger partial charge on any atom is 0.410 e. The molecule has 0 saturated carbocycles. The summed E-state index contributed by atoms with van der Waals surface area (Å²) in [5, 5.41) is 15.0. The molecule has 3 saturated heterocycles. The highest BCUT2D eigenvalue weighted by molar-refractivity contribution is 5.85. The number of Topliss-reactive ketones (excluding diaryl/α,β-unsaturated/α-hetero) is 1. The van der Waals surface area contributed by atoms with Crippen molar-refractivity contribution in [1.82, 2.24) is 19.8 Å². The van der Waals surface area contributed by atoms with E-state index in [1.54, 1.807) is 44.1 Å². The zero-order chi connectivity index (χ0) is 46.9. The number of likely N-dealkylation sites (N-methyl/N-ethyl adjacent to an activating group) is 1. The third-order valence-corrected chi connectivity index (χ3v) is 13.7. The van der Waals surface area contributed by atoms with Gasteiger partial charge in [-0.1, -0.05) is 39.8 Å². The number of aromatic nitrogens is 2. The zero-order valence-corrected chi connectivity index (χ0v) is 39.7. The number of esters is 2. The first-order valence-electron chi connectivity index (χ1n) is 23.0. The van der Waals surface area contributed by atoms with E-state index >= 15 is 0 Å². The Kier molecular flexibility index (Phi) is 17.7. The minimum Gasteiger partial charge on any atom is -0.461 e. The number of cyclic esters (lactones) is 1. The van der Waals surface area contributed by atoms with Gasteiger partial charge < -0.3 is 48.6 Å². The molecule has 3 fully saturated rings. The summed E-state index contributed by atoms with van der Waals surface area (Å²) < 4.78 is 38.5. The molecule has 2 N–H and O–H groups in total. The van der Waals surface area contributed by atoms with Crippen molar-refractivity contribution in [3.8, 4) is 0 Å². The molecular formula is C48H73N5O11. The summed E-state index contributed by atoms with van der Waals surface area (Å²) in [6.45, 7) is 15.3. The number of unbranched alkanes of at least 4 members (excludes halogenated alkanes) is 1. The van der Waals surface area contributed by atoms with E-state index in [9.17, 15) is 24.3 Å². The second-order valence-electron chi connectivity index (χ2n) is 18.7. The normalized spacial score (nSPS) is 35.3. The number of ether oxygens (including phenoxy) is 6. The van der Waals surface area contributed by atoms with E-state index in [1.807, 2.05) is 83.9 Å². The lowest BCUT2D eigenvalue weighted by Crippen LogP contribution is -2.61. The molecule has 16 nitrogen and oxygen atoms in total. The Morgan fingerprint density at radius 2 is 1.70 bits per heavy atom. The highest BCUT2D eigenvalue weighted by Gasteiger charge is 2.60. The highest BCUT2D eigenvalue weighted by Crippen LogP contribution is 2.44. The van der Waals surface area contributed by atoms with Crippen LogP contribution in [0.2, 0.25) is 0 Å².